The van der Waals surface area contributed by atoms with E-state index in [-0.39, 0.29) is 11.5 Å². The number of fused-ring (bicyclic) bond motifs is 2. The van der Waals surface area contributed by atoms with Crippen molar-refractivity contribution in [3.05, 3.63) is 0 Å². The first kappa shape index (κ1) is 9.77. The summed E-state index contributed by atoms with van der Waals surface area (Å²) < 4.78 is 0. The predicted octanol–water partition coefficient (Wildman–Crippen LogP) is 0.437. The van der Waals surface area contributed by atoms with Crippen molar-refractivity contribution in [2.75, 3.05) is 13.1 Å². The third-order valence-electron chi connectivity index (χ3n) is 3.41. The Kier molecular flexibility index (Phi) is 2.00. The largest absolute Gasteiger partial charge is 0.370 e. The van der Waals surface area contributed by atoms with Gasteiger partial charge in [0.15, 0.2) is 5.96 Å². The molecule has 3 N–H and O–H groups in total. The van der Waals surface area contributed by atoms with E-state index in [4.69, 9.17) is 11.1 Å². The minimum Gasteiger partial charge on any atom is -0.370 e. The van der Waals surface area contributed by atoms with E-state index in [9.17, 15) is 0 Å². The van der Waals surface area contributed by atoms with Gasteiger partial charge in [0.1, 0.15) is 0 Å². The molecular weight excluding hydrogens is 176 g/mol. The van der Waals surface area contributed by atoms with Crippen LogP contribution < -0.4 is 5.73 Å². The molecule has 0 unspecified atom stereocenters. The molecule has 14 heavy (non-hydrogen) atoms. The molecule has 2 aliphatic rings. The van der Waals surface area contributed by atoms with Crippen molar-refractivity contribution >= 4 is 5.96 Å². The number of rotatable bonds is 0. The Morgan fingerprint density at radius 1 is 1.29 bits per heavy atom. The van der Waals surface area contributed by atoms with E-state index in [2.05, 4.69) is 25.7 Å². The van der Waals surface area contributed by atoms with Crippen LogP contribution in [0.2, 0.25) is 0 Å². The number of hydrogen-bond acceptors (Lipinski definition) is 2. The molecule has 0 radical (unpaired) electrons. The second-order valence-electron chi connectivity index (χ2n) is 5.40. The summed E-state index contributed by atoms with van der Waals surface area (Å²) in [6.07, 6.45) is 1.18. The van der Waals surface area contributed by atoms with Gasteiger partial charge in [0.25, 0.3) is 0 Å². The molecule has 4 heteroatoms. The van der Waals surface area contributed by atoms with Crippen LogP contribution in [0.3, 0.4) is 0 Å². The van der Waals surface area contributed by atoms with E-state index in [1.807, 2.05) is 4.90 Å². The smallest absolute Gasteiger partial charge is 0.188 e. The van der Waals surface area contributed by atoms with Crippen LogP contribution in [0, 0.1) is 5.41 Å². The molecule has 2 bridgehead atoms. The van der Waals surface area contributed by atoms with Crippen LogP contribution in [0.4, 0.5) is 0 Å². The minimum absolute atomic E-state index is 0.242. The first-order valence-corrected chi connectivity index (χ1v) is 5.27. The highest BCUT2D eigenvalue weighted by atomic mass is 15.4. The Morgan fingerprint density at radius 3 is 2.29 bits per heavy atom. The molecule has 0 saturated carbocycles. The van der Waals surface area contributed by atoms with Crippen molar-refractivity contribution in [2.24, 2.45) is 5.73 Å². The summed E-state index contributed by atoms with van der Waals surface area (Å²) in [4.78, 5) is 4.57. The lowest BCUT2D eigenvalue weighted by Gasteiger charge is -2.42. The van der Waals surface area contributed by atoms with Crippen molar-refractivity contribution in [3.8, 4) is 0 Å². The van der Waals surface area contributed by atoms with Crippen LogP contribution in [0.25, 0.3) is 0 Å². The summed E-state index contributed by atoms with van der Waals surface area (Å²) in [7, 11) is 0. The highest BCUT2D eigenvalue weighted by Crippen LogP contribution is 2.34. The summed E-state index contributed by atoms with van der Waals surface area (Å²) in [6.45, 7) is 8.77. The highest BCUT2D eigenvalue weighted by Gasteiger charge is 2.47. The van der Waals surface area contributed by atoms with Crippen LogP contribution in [0.1, 0.15) is 27.2 Å². The van der Waals surface area contributed by atoms with Gasteiger partial charge in [-0.25, -0.2) is 0 Å². The molecule has 2 heterocycles. The quantitative estimate of drug-likeness (QED) is 0.436. The van der Waals surface area contributed by atoms with Gasteiger partial charge in [-0.2, -0.15) is 0 Å². The Hall–Kier alpha value is -0.770. The van der Waals surface area contributed by atoms with Crippen molar-refractivity contribution in [1.29, 1.82) is 5.41 Å². The standard InChI is InChI=1S/C10H20N4/c1-10(2,3)14-6-7-4-8(14)5-13(7)9(11)12/h7-8H,4-6H2,1-3H3,(H3,11,12)/t7-,8-/m1/s1. The minimum atomic E-state index is 0.242. The van der Waals surface area contributed by atoms with Crippen LogP contribution >= 0.6 is 0 Å². The van der Waals surface area contributed by atoms with Crippen molar-refractivity contribution in [3.63, 3.8) is 0 Å². The van der Waals surface area contributed by atoms with Gasteiger partial charge in [-0.3, -0.25) is 10.3 Å². The SMILES string of the molecule is CC(C)(C)N1C[C@H]2C[C@@H]1CN2C(=N)N. The third-order valence-corrected chi connectivity index (χ3v) is 3.41. The van der Waals surface area contributed by atoms with Gasteiger partial charge < -0.3 is 10.6 Å². The number of guanidine groups is 1. The number of nitrogens with one attached hydrogen (secondary N) is 1. The van der Waals surface area contributed by atoms with E-state index in [1.54, 1.807) is 0 Å². The fourth-order valence-electron chi connectivity index (χ4n) is 2.78. The fourth-order valence-corrected chi connectivity index (χ4v) is 2.78. The zero-order valence-corrected chi connectivity index (χ0v) is 9.25. The molecule has 80 valence electrons. The number of nitrogens with two attached hydrogens (primary N) is 1. The number of piperazine rings is 1. The molecule has 0 aromatic rings. The molecule has 0 aromatic heterocycles. The van der Waals surface area contributed by atoms with E-state index in [1.165, 1.54) is 6.42 Å². The second-order valence-corrected chi connectivity index (χ2v) is 5.40. The molecule has 0 aliphatic carbocycles. The maximum absolute atomic E-state index is 7.45. The van der Waals surface area contributed by atoms with E-state index < -0.39 is 0 Å². The molecule has 2 aliphatic heterocycles. The zero-order valence-electron chi connectivity index (χ0n) is 9.25. The average molecular weight is 196 g/mol. The van der Waals surface area contributed by atoms with Gasteiger partial charge in [0.05, 0.1) is 0 Å². The second kappa shape index (κ2) is 2.86. The van der Waals surface area contributed by atoms with E-state index in [0.29, 0.717) is 12.1 Å². The van der Waals surface area contributed by atoms with E-state index in [0.717, 1.165) is 13.1 Å². The molecule has 4 nitrogen and oxygen atoms in total. The van der Waals surface area contributed by atoms with Crippen LogP contribution in [-0.4, -0.2) is 46.5 Å². The van der Waals surface area contributed by atoms with Gasteiger partial charge in [0.2, 0.25) is 0 Å². The molecule has 0 spiro atoms. The summed E-state index contributed by atoms with van der Waals surface area (Å²) in [6, 6.07) is 1.08. The number of nitrogens with zero attached hydrogens (tertiary/aromatic N) is 2. The number of likely N-dealkylation sites (tertiary alicyclic amines) is 2. The topological polar surface area (TPSA) is 56.4 Å². The normalized spacial score (nSPS) is 32.6. The summed E-state index contributed by atoms with van der Waals surface area (Å²) in [5, 5.41) is 7.45. The molecule has 0 aromatic carbocycles. The summed E-state index contributed by atoms with van der Waals surface area (Å²) in [5.74, 6) is 0.242. The van der Waals surface area contributed by atoms with Gasteiger partial charge >= 0.3 is 0 Å². The van der Waals surface area contributed by atoms with Gasteiger partial charge in [-0.15, -0.1) is 0 Å². The zero-order chi connectivity index (χ0) is 10.5. The molecule has 2 atom stereocenters. The lowest BCUT2D eigenvalue weighted by molar-refractivity contribution is 0.0800. The predicted molar refractivity (Wildman–Crippen MR) is 57.3 cm³/mol. The van der Waals surface area contributed by atoms with Crippen molar-refractivity contribution in [2.45, 2.75) is 44.8 Å². The Labute approximate surface area is 85.6 Å². The molecular formula is C10H20N4. The van der Waals surface area contributed by atoms with Crippen molar-refractivity contribution < 1.29 is 0 Å². The van der Waals surface area contributed by atoms with Gasteiger partial charge in [0, 0.05) is 30.7 Å². The van der Waals surface area contributed by atoms with Gasteiger partial charge in [-0.1, -0.05) is 0 Å². The third kappa shape index (κ3) is 1.38. The Balaban J connectivity index is 2.07. The van der Waals surface area contributed by atoms with Crippen LogP contribution in [-0.2, 0) is 0 Å². The monoisotopic (exact) mass is 196 g/mol. The lowest BCUT2D eigenvalue weighted by Crippen LogP contribution is -2.55. The molecule has 2 rings (SSSR count). The first-order chi connectivity index (χ1) is 6.39. The molecule has 0 amide bonds. The lowest BCUT2D eigenvalue weighted by atomic mass is 10.0. The summed E-state index contributed by atoms with van der Waals surface area (Å²) >= 11 is 0. The molecule has 2 saturated heterocycles. The fraction of sp³-hybridized carbons (Fsp3) is 0.900. The molecule has 2 fully saturated rings. The summed E-state index contributed by atoms with van der Waals surface area (Å²) in [5.41, 5.74) is 5.78. The Morgan fingerprint density at radius 2 is 1.93 bits per heavy atom. The maximum atomic E-state index is 7.45. The van der Waals surface area contributed by atoms with Crippen molar-refractivity contribution in [1.82, 2.24) is 9.80 Å². The van der Waals surface area contributed by atoms with E-state index >= 15 is 0 Å². The van der Waals surface area contributed by atoms with Gasteiger partial charge in [-0.05, 0) is 27.2 Å². The van der Waals surface area contributed by atoms with Crippen LogP contribution in [0.5, 0.6) is 0 Å². The maximum Gasteiger partial charge on any atom is 0.188 e. The van der Waals surface area contributed by atoms with Crippen LogP contribution in [0.15, 0.2) is 0 Å². The highest BCUT2D eigenvalue weighted by molar-refractivity contribution is 5.75. The first-order valence-electron chi connectivity index (χ1n) is 5.27. The Bertz CT molecular complexity index is 255. The number of hydrogen-bond donors (Lipinski definition) is 2. The average Bonchev–Trinajstić information content (AvgIpc) is 2.58.